The first-order valence-corrected chi connectivity index (χ1v) is 7.63. The highest BCUT2D eigenvalue weighted by Gasteiger charge is 2.13. The number of pyridine rings is 1. The van der Waals surface area contributed by atoms with Crippen LogP contribution in [0, 0.1) is 13.8 Å². The van der Waals surface area contributed by atoms with Gasteiger partial charge in [0.2, 0.25) is 0 Å². The Kier molecular flexibility index (Phi) is 5.52. The second kappa shape index (κ2) is 7.59. The molecule has 2 rings (SSSR count). The minimum atomic E-state index is -1.06. The minimum Gasteiger partial charge on any atom is -0.494 e. The zero-order valence-electron chi connectivity index (χ0n) is 13.9. The lowest BCUT2D eigenvalue weighted by atomic mass is 10.1. The van der Waals surface area contributed by atoms with Gasteiger partial charge in [0.05, 0.1) is 17.9 Å². The Balaban J connectivity index is 2.11. The summed E-state index contributed by atoms with van der Waals surface area (Å²) in [5, 5.41) is 11.8. The second-order valence-electron chi connectivity index (χ2n) is 5.36. The number of aromatic carboxylic acids is 1. The molecule has 0 radical (unpaired) electrons. The molecule has 6 nitrogen and oxygen atoms in total. The fourth-order valence-corrected chi connectivity index (χ4v) is 2.28. The molecule has 0 spiro atoms. The summed E-state index contributed by atoms with van der Waals surface area (Å²) in [7, 11) is 0. The van der Waals surface area contributed by atoms with Crippen molar-refractivity contribution < 1.29 is 19.4 Å². The molecule has 1 amide bonds. The number of carbonyl (C=O) groups is 2. The van der Waals surface area contributed by atoms with Crippen molar-refractivity contribution in [1.29, 1.82) is 0 Å². The van der Waals surface area contributed by atoms with Gasteiger partial charge in [0.1, 0.15) is 11.4 Å². The van der Waals surface area contributed by atoms with E-state index in [4.69, 9.17) is 9.84 Å². The van der Waals surface area contributed by atoms with E-state index in [1.165, 1.54) is 12.1 Å². The Morgan fingerprint density at radius 1 is 1.21 bits per heavy atom. The molecule has 2 aromatic rings. The van der Waals surface area contributed by atoms with Gasteiger partial charge in [-0.2, -0.15) is 0 Å². The standard InChI is InChI=1S/C18H20N2O4/c1-4-24-16-9-11(2)5-6-13(16)10-19-17(21)15-8-7-14(18(22)23)12(3)20-15/h5-9H,4,10H2,1-3H3,(H,19,21)(H,22,23). The van der Waals surface area contributed by atoms with Crippen molar-refractivity contribution in [3.8, 4) is 5.75 Å². The van der Waals surface area contributed by atoms with Gasteiger partial charge >= 0.3 is 5.97 Å². The number of nitrogens with zero attached hydrogens (tertiary/aromatic N) is 1. The summed E-state index contributed by atoms with van der Waals surface area (Å²) < 4.78 is 5.58. The number of carboxylic acids is 1. The Morgan fingerprint density at radius 3 is 2.58 bits per heavy atom. The Morgan fingerprint density at radius 2 is 1.96 bits per heavy atom. The predicted octanol–water partition coefficient (Wildman–Crippen LogP) is 2.73. The molecule has 2 N–H and O–H groups in total. The number of carboxylic acid groups (broad SMARTS) is 1. The number of amides is 1. The lowest BCUT2D eigenvalue weighted by molar-refractivity contribution is 0.0694. The fraction of sp³-hybridized carbons (Fsp3) is 0.278. The normalized spacial score (nSPS) is 10.3. The van der Waals surface area contributed by atoms with E-state index in [0.717, 1.165) is 16.9 Å². The number of ether oxygens (including phenoxy) is 1. The number of nitrogens with one attached hydrogen (secondary N) is 1. The van der Waals surface area contributed by atoms with Crippen molar-refractivity contribution in [2.24, 2.45) is 0 Å². The molecule has 1 aromatic heterocycles. The molecule has 24 heavy (non-hydrogen) atoms. The average molecular weight is 328 g/mol. The summed E-state index contributed by atoms with van der Waals surface area (Å²) in [6.07, 6.45) is 0. The number of carbonyl (C=O) groups excluding carboxylic acids is 1. The van der Waals surface area contributed by atoms with Gasteiger partial charge in [0.25, 0.3) is 5.91 Å². The maximum absolute atomic E-state index is 12.2. The molecule has 0 aliphatic heterocycles. The van der Waals surface area contributed by atoms with Gasteiger partial charge in [-0.15, -0.1) is 0 Å². The van der Waals surface area contributed by atoms with Crippen LogP contribution in [-0.4, -0.2) is 28.6 Å². The van der Waals surface area contributed by atoms with Crippen LogP contribution in [0.15, 0.2) is 30.3 Å². The second-order valence-corrected chi connectivity index (χ2v) is 5.36. The van der Waals surface area contributed by atoms with Crippen LogP contribution >= 0.6 is 0 Å². The molecule has 0 saturated carbocycles. The summed E-state index contributed by atoms with van der Waals surface area (Å²) in [6.45, 7) is 6.29. The molecule has 1 aromatic carbocycles. The van der Waals surface area contributed by atoms with Crippen LogP contribution in [0.5, 0.6) is 5.75 Å². The van der Waals surface area contributed by atoms with E-state index in [-0.39, 0.29) is 17.2 Å². The Bertz CT molecular complexity index is 772. The number of rotatable bonds is 6. The van der Waals surface area contributed by atoms with Gasteiger partial charge in [-0.25, -0.2) is 9.78 Å². The number of hydrogen-bond donors (Lipinski definition) is 2. The molecule has 0 bridgehead atoms. The van der Waals surface area contributed by atoms with Crippen molar-refractivity contribution in [3.05, 3.63) is 58.4 Å². The molecular formula is C18H20N2O4. The molecular weight excluding hydrogens is 308 g/mol. The zero-order chi connectivity index (χ0) is 17.7. The third-order valence-electron chi connectivity index (χ3n) is 3.51. The number of hydrogen-bond acceptors (Lipinski definition) is 4. The van der Waals surface area contributed by atoms with Gasteiger partial charge in [0, 0.05) is 12.1 Å². The fourth-order valence-electron chi connectivity index (χ4n) is 2.28. The van der Waals surface area contributed by atoms with Crippen LogP contribution in [0.2, 0.25) is 0 Å². The van der Waals surface area contributed by atoms with Gasteiger partial charge in [-0.3, -0.25) is 4.79 Å². The SMILES string of the molecule is CCOc1cc(C)ccc1CNC(=O)c1ccc(C(=O)O)c(C)n1. The monoisotopic (exact) mass is 328 g/mol. The largest absolute Gasteiger partial charge is 0.494 e. The van der Waals surface area contributed by atoms with Crippen LogP contribution in [0.1, 0.15) is 44.6 Å². The summed E-state index contributed by atoms with van der Waals surface area (Å²) >= 11 is 0. The lowest BCUT2D eigenvalue weighted by Gasteiger charge is -2.12. The first kappa shape index (κ1) is 17.5. The van der Waals surface area contributed by atoms with Crippen LogP contribution in [0.25, 0.3) is 0 Å². The van der Waals surface area contributed by atoms with Gasteiger partial charge in [-0.05, 0) is 44.5 Å². The van der Waals surface area contributed by atoms with Crippen LogP contribution in [0.3, 0.4) is 0 Å². The molecule has 0 atom stereocenters. The minimum absolute atomic E-state index is 0.0868. The molecule has 0 saturated heterocycles. The van der Waals surface area contributed by atoms with Gasteiger partial charge in [0.15, 0.2) is 0 Å². The van der Waals surface area contributed by atoms with Crippen molar-refractivity contribution >= 4 is 11.9 Å². The average Bonchev–Trinajstić information content (AvgIpc) is 2.53. The molecule has 0 unspecified atom stereocenters. The van der Waals surface area contributed by atoms with E-state index >= 15 is 0 Å². The maximum atomic E-state index is 12.2. The molecule has 0 aliphatic carbocycles. The molecule has 6 heteroatoms. The maximum Gasteiger partial charge on any atom is 0.337 e. The quantitative estimate of drug-likeness (QED) is 0.851. The Hall–Kier alpha value is -2.89. The first-order chi connectivity index (χ1) is 11.4. The van der Waals surface area contributed by atoms with E-state index in [2.05, 4.69) is 10.3 Å². The number of aromatic nitrogens is 1. The summed E-state index contributed by atoms with van der Waals surface area (Å²) in [4.78, 5) is 27.3. The number of aryl methyl sites for hydroxylation is 2. The predicted molar refractivity (Wildman–Crippen MR) is 89.5 cm³/mol. The van der Waals surface area contributed by atoms with E-state index in [9.17, 15) is 9.59 Å². The highest BCUT2D eigenvalue weighted by molar-refractivity contribution is 5.94. The smallest absolute Gasteiger partial charge is 0.337 e. The van der Waals surface area contributed by atoms with Crippen molar-refractivity contribution in [3.63, 3.8) is 0 Å². The molecule has 0 fully saturated rings. The van der Waals surface area contributed by atoms with Crippen LogP contribution in [-0.2, 0) is 6.54 Å². The lowest BCUT2D eigenvalue weighted by Crippen LogP contribution is -2.24. The highest BCUT2D eigenvalue weighted by Crippen LogP contribution is 2.20. The van der Waals surface area contributed by atoms with Gasteiger partial charge in [-0.1, -0.05) is 12.1 Å². The summed E-state index contributed by atoms with van der Waals surface area (Å²) in [5.41, 5.74) is 2.52. The summed E-state index contributed by atoms with van der Waals surface area (Å²) in [6, 6.07) is 8.58. The van der Waals surface area contributed by atoms with Gasteiger partial charge < -0.3 is 15.2 Å². The number of benzene rings is 1. The van der Waals surface area contributed by atoms with Crippen LogP contribution < -0.4 is 10.1 Å². The third kappa shape index (κ3) is 4.10. The summed E-state index contributed by atoms with van der Waals surface area (Å²) in [5.74, 6) is -0.686. The molecule has 1 heterocycles. The van der Waals surface area contributed by atoms with Crippen molar-refractivity contribution in [1.82, 2.24) is 10.3 Å². The van der Waals surface area contributed by atoms with E-state index in [0.29, 0.717) is 18.8 Å². The zero-order valence-corrected chi connectivity index (χ0v) is 13.9. The molecule has 126 valence electrons. The molecule has 0 aliphatic rings. The first-order valence-electron chi connectivity index (χ1n) is 7.63. The Labute approximate surface area is 140 Å². The van der Waals surface area contributed by atoms with Crippen LogP contribution in [0.4, 0.5) is 0 Å². The van der Waals surface area contributed by atoms with Crippen molar-refractivity contribution in [2.75, 3.05) is 6.61 Å². The highest BCUT2D eigenvalue weighted by atomic mass is 16.5. The topological polar surface area (TPSA) is 88.5 Å². The van der Waals surface area contributed by atoms with Crippen molar-refractivity contribution in [2.45, 2.75) is 27.3 Å². The third-order valence-corrected chi connectivity index (χ3v) is 3.51. The van der Waals surface area contributed by atoms with E-state index in [1.54, 1.807) is 6.92 Å². The van der Waals surface area contributed by atoms with E-state index in [1.807, 2.05) is 32.0 Å². The van der Waals surface area contributed by atoms with E-state index < -0.39 is 5.97 Å².